The van der Waals surface area contributed by atoms with Crippen LogP contribution in [-0.4, -0.2) is 60.0 Å². The van der Waals surface area contributed by atoms with Gasteiger partial charge in [0.05, 0.1) is 13.2 Å². The SMILES string of the molecule is Cc1ccc(N2C(=O)N(CN(C)CC(=O)NC3CC3)C(=O)[C@H]2C)cc1. The smallest absolute Gasteiger partial charge is 0.333 e. The maximum absolute atomic E-state index is 12.7. The van der Waals surface area contributed by atoms with Crippen LogP contribution in [0.2, 0.25) is 0 Å². The predicted molar refractivity (Wildman–Crippen MR) is 94.0 cm³/mol. The van der Waals surface area contributed by atoms with Crippen LogP contribution >= 0.6 is 0 Å². The number of hydrogen-bond donors (Lipinski definition) is 1. The van der Waals surface area contributed by atoms with Gasteiger partial charge in [-0.05, 0) is 45.9 Å². The molecule has 25 heavy (non-hydrogen) atoms. The molecule has 1 aromatic carbocycles. The lowest BCUT2D eigenvalue weighted by Crippen LogP contribution is -2.44. The molecule has 0 unspecified atom stereocenters. The number of rotatable bonds is 6. The van der Waals surface area contributed by atoms with Crippen molar-refractivity contribution in [3.8, 4) is 0 Å². The predicted octanol–water partition coefficient (Wildman–Crippen LogP) is 1.32. The summed E-state index contributed by atoms with van der Waals surface area (Å²) in [5.74, 6) is -0.326. The molecule has 1 N–H and O–H groups in total. The van der Waals surface area contributed by atoms with Gasteiger partial charge in [-0.25, -0.2) is 9.69 Å². The van der Waals surface area contributed by atoms with E-state index in [1.165, 1.54) is 9.80 Å². The van der Waals surface area contributed by atoms with Crippen LogP contribution in [0.5, 0.6) is 0 Å². The van der Waals surface area contributed by atoms with Crippen LogP contribution in [0.1, 0.15) is 25.3 Å². The van der Waals surface area contributed by atoms with E-state index in [2.05, 4.69) is 5.32 Å². The number of likely N-dealkylation sites (N-methyl/N-ethyl adjacent to an activating group) is 1. The highest BCUT2D eigenvalue weighted by Gasteiger charge is 2.43. The molecule has 1 atom stereocenters. The van der Waals surface area contributed by atoms with E-state index in [-0.39, 0.29) is 31.1 Å². The summed E-state index contributed by atoms with van der Waals surface area (Å²) in [6, 6.07) is 6.90. The number of nitrogens with zero attached hydrogens (tertiary/aromatic N) is 3. The van der Waals surface area contributed by atoms with E-state index in [0.717, 1.165) is 18.4 Å². The van der Waals surface area contributed by atoms with Gasteiger partial charge in [-0.1, -0.05) is 17.7 Å². The Hall–Kier alpha value is -2.41. The Morgan fingerprint density at radius 2 is 1.88 bits per heavy atom. The largest absolute Gasteiger partial charge is 0.352 e. The van der Waals surface area contributed by atoms with Crippen molar-refractivity contribution in [3.05, 3.63) is 29.8 Å². The highest BCUT2D eigenvalue weighted by molar-refractivity contribution is 6.14. The zero-order valence-corrected chi connectivity index (χ0v) is 14.9. The van der Waals surface area contributed by atoms with Crippen molar-refractivity contribution in [1.82, 2.24) is 15.1 Å². The lowest BCUT2D eigenvalue weighted by Gasteiger charge is -2.23. The van der Waals surface area contributed by atoms with Gasteiger partial charge in [0.2, 0.25) is 5.91 Å². The van der Waals surface area contributed by atoms with E-state index in [0.29, 0.717) is 11.7 Å². The highest BCUT2D eigenvalue weighted by atomic mass is 16.2. The van der Waals surface area contributed by atoms with Crippen LogP contribution in [0.3, 0.4) is 0 Å². The molecular weight excluding hydrogens is 320 g/mol. The summed E-state index contributed by atoms with van der Waals surface area (Å²) in [6.45, 7) is 3.95. The van der Waals surface area contributed by atoms with Crippen molar-refractivity contribution in [1.29, 1.82) is 0 Å². The standard InChI is InChI=1S/C18H24N4O3/c1-12-4-8-15(9-5-12)22-13(2)17(24)21(18(22)25)11-20(3)10-16(23)19-14-6-7-14/h4-5,8-9,13-14H,6-7,10-11H2,1-3H3,(H,19,23)/t13-/m1/s1. The Balaban J connectivity index is 1.65. The second-order valence-electron chi connectivity index (χ2n) is 6.93. The Morgan fingerprint density at radius 3 is 2.48 bits per heavy atom. The summed E-state index contributed by atoms with van der Waals surface area (Å²) in [5, 5.41) is 2.90. The lowest BCUT2D eigenvalue weighted by molar-refractivity contribution is -0.130. The van der Waals surface area contributed by atoms with Gasteiger partial charge >= 0.3 is 6.03 Å². The fourth-order valence-electron chi connectivity index (χ4n) is 2.93. The van der Waals surface area contributed by atoms with E-state index in [1.54, 1.807) is 18.9 Å². The number of carbonyl (C=O) groups excluding carboxylic acids is 3. The highest BCUT2D eigenvalue weighted by Crippen LogP contribution is 2.26. The first-order valence-corrected chi connectivity index (χ1v) is 8.56. The van der Waals surface area contributed by atoms with Gasteiger partial charge in [0, 0.05) is 11.7 Å². The van der Waals surface area contributed by atoms with Gasteiger partial charge in [-0.15, -0.1) is 0 Å². The maximum atomic E-state index is 12.7. The summed E-state index contributed by atoms with van der Waals surface area (Å²) < 4.78 is 0. The van der Waals surface area contributed by atoms with Crippen molar-refractivity contribution in [3.63, 3.8) is 0 Å². The normalized spacial score (nSPS) is 20.6. The molecule has 1 saturated carbocycles. The van der Waals surface area contributed by atoms with E-state index in [1.807, 2.05) is 31.2 Å². The fraction of sp³-hybridized carbons (Fsp3) is 0.500. The molecule has 1 aliphatic heterocycles. The Bertz CT molecular complexity index is 684. The first-order chi connectivity index (χ1) is 11.9. The zero-order valence-electron chi connectivity index (χ0n) is 14.9. The fourth-order valence-corrected chi connectivity index (χ4v) is 2.93. The molecule has 7 nitrogen and oxygen atoms in total. The number of anilines is 1. The van der Waals surface area contributed by atoms with Crippen LogP contribution in [-0.2, 0) is 9.59 Å². The molecule has 134 valence electrons. The molecule has 2 aliphatic rings. The van der Waals surface area contributed by atoms with E-state index >= 15 is 0 Å². The molecule has 4 amide bonds. The number of nitrogens with one attached hydrogen (secondary N) is 1. The molecule has 1 saturated heterocycles. The third kappa shape index (κ3) is 3.82. The monoisotopic (exact) mass is 344 g/mol. The number of carbonyl (C=O) groups is 3. The van der Waals surface area contributed by atoms with Crippen LogP contribution in [0, 0.1) is 6.92 Å². The molecular formula is C18H24N4O3. The number of aryl methyl sites for hydroxylation is 1. The van der Waals surface area contributed by atoms with Crippen molar-refractivity contribution >= 4 is 23.5 Å². The molecule has 0 aromatic heterocycles. The minimum atomic E-state index is -0.552. The first kappa shape index (κ1) is 17.4. The Kier molecular flexibility index (Phi) is 4.76. The summed E-state index contributed by atoms with van der Waals surface area (Å²) >= 11 is 0. The summed E-state index contributed by atoms with van der Waals surface area (Å²) in [4.78, 5) is 41.5. The van der Waals surface area contributed by atoms with Crippen LogP contribution in [0.4, 0.5) is 10.5 Å². The van der Waals surface area contributed by atoms with Gasteiger partial charge in [0.15, 0.2) is 0 Å². The molecule has 0 spiro atoms. The van der Waals surface area contributed by atoms with Crippen molar-refractivity contribution in [2.45, 2.75) is 38.8 Å². The van der Waals surface area contributed by atoms with Crippen LogP contribution in [0.15, 0.2) is 24.3 Å². The lowest BCUT2D eigenvalue weighted by atomic mass is 10.2. The number of hydrogen-bond acceptors (Lipinski definition) is 4. The van der Waals surface area contributed by atoms with Crippen molar-refractivity contribution in [2.24, 2.45) is 0 Å². The number of benzene rings is 1. The van der Waals surface area contributed by atoms with E-state index in [4.69, 9.17) is 0 Å². The topological polar surface area (TPSA) is 73.0 Å². The van der Waals surface area contributed by atoms with Crippen LogP contribution in [0.25, 0.3) is 0 Å². The minimum absolute atomic E-state index is 0.0764. The van der Waals surface area contributed by atoms with Crippen LogP contribution < -0.4 is 10.2 Å². The van der Waals surface area contributed by atoms with Crippen molar-refractivity contribution in [2.75, 3.05) is 25.2 Å². The molecule has 1 aromatic rings. The second-order valence-corrected chi connectivity index (χ2v) is 6.93. The average Bonchev–Trinajstić information content (AvgIpc) is 3.34. The Morgan fingerprint density at radius 1 is 1.24 bits per heavy atom. The first-order valence-electron chi connectivity index (χ1n) is 8.56. The molecule has 7 heteroatoms. The minimum Gasteiger partial charge on any atom is -0.352 e. The quantitative estimate of drug-likeness (QED) is 0.790. The zero-order chi connectivity index (χ0) is 18.1. The third-order valence-corrected chi connectivity index (χ3v) is 4.50. The average molecular weight is 344 g/mol. The number of amides is 4. The van der Waals surface area contributed by atoms with Gasteiger partial charge in [-0.2, -0.15) is 0 Å². The third-order valence-electron chi connectivity index (χ3n) is 4.50. The second kappa shape index (κ2) is 6.84. The summed E-state index contributed by atoms with van der Waals surface area (Å²) in [7, 11) is 1.73. The van der Waals surface area contributed by atoms with Gasteiger partial charge in [0.25, 0.3) is 5.91 Å². The van der Waals surface area contributed by atoms with E-state index in [9.17, 15) is 14.4 Å². The molecule has 3 rings (SSSR count). The molecule has 1 heterocycles. The Labute approximate surface area is 147 Å². The summed E-state index contributed by atoms with van der Waals surface area (Å²) in [5.41, 5.74) is 1.79. The summed E-state index contributed by atoms with van der Waals surface area (Å²) in [6.07, 6.45) is 2.06. The number of imide groups is 1. The van der Waals surface area contributed by atoms with Crippen molar-refractivity contribution < 1.29 is 14.4 Å². The van der Waals surface area contributed by atoms with Gasteiger partial charge in [-0.3, -0.25) is 19.4 Å². The molecule has 1 aliphatic carbocycles. The maximum Gasteiger partial charge on any atom is 0.333 e. The molecule has 0 radical (unpaired) electrons. The molecule has 0 bridgehead atoms. The van der Waals surface area contributed by atoms with E-state index < -0.39 is 6.04 Å². The molecule has 2 fully saturated rings. The van der Waals surface area contributed by atoms with Gasteiger partial charge < -0.3 is 5.32 Å². The number of urea groups is 1. The van der Waals surface area contributed by atoms with Gasteiger partial charge in [0.1, 0.15) is 6.04 Å².